The van der Waals surface area contributed by atoms with E-state index in [4.69, 9.17) is 14.9 Å². The lowest BCUT2D eigenvalue weighted by Gasteiger charge is -2.28. The summed E-state index contributed by atoms with van der Waals surface area (Å²) in [5.74, 6) is -4.04. The van der Waals surface area contributed by atoms with E-state index in [1.807, 2.05) is 0 Å². The number of aliphatic hydroxyl groups excluding tert-OH is 2. The summed E-state index contributed by atoms with van der Waals surface area (Å²) >= 11 is 0. The minimum absolute atomic E-state index is 0.0289. The number of ether oxygens (including phenoxy) is 1. The zero-order valence-electron chi connectivity index (χ0n) is 15.7. The molecule has 0 aliphatic heterocycles. The Labute approximate surface area is 167 Å². The van der Waals surface area contributed by atoms with Crippen molar-refractivity contribution in [3.05, 3.63) is 35.9 Å². The molecule has 0 aromatic heterocycles. The summed E-state index contributed by atoms with van der Waals surface area (Å²) in [6.45, 7) is -0.0289. The Morgan fingerprint density at radius 2 is 1.41 bits per heavy atom. The van der Waals surface area contributed by atoms with Crippen LogP contribution in [0.15, 0.2) is 30.3 Å². The summed E-state index contributed by atoms with van der Waals surface area (Å²) in [5.41, 5.74) is 0.729. The second-order valence-corrected chi connectivity index (χ2v) is 6.42. The van der Waals surface area contributed by atoms with Crippen molar-refractivity contribution in [3.63, 3.8) is 0 Å². The lowest BCUT2D eigenvalue weighted by molar-refractivity contribution is -0.148. The molecule has 1 aromatic carbocycles. The molecule has 5 N–H and O–H groups in total. The number of hydrogen-bond donors (Lipinski definition) is 5. The highest BCUT2D eigenvalue weighted by Gasteiger charge is 2.30. The summed E-state index contributed by atoms with van der Waals surface area (Å²) in [6.07, 6.45) is -4.96. The van der Waals surface area contributed by atoms with Gasteiger partial charge in [0.05, 0.1) is 18.2 Å². The van der Waals surface area contributed by atoms with Crippen molar-refractivity contribution in [1.82, 2.24) is 5.32 Å². The number of amides is 1. The van der Waals surface area contributed by atoms with Crippen LogP contribution in [0.4, 0.5) is 0 Å². The quantitative estimate of drug-likeness (QED) is 0.222. The normalized spacial score (nSPS) is 13.7. The Morgan fingerprint density at radius 3 is 1.90 bits per heavy atom. The van der Waals surface area contributed by atoms with Gasteiger partial charge in [-0.05, 0) is 18.4 Å². The summed E-state index contributed by atoms with van der Waals surface area (Å²) in [6, 6.07) is 7.46. The van der Waals surface area contributed by atoms with Gasteiger partial charge in [0.15, 0.2) is 0 Å². The SMILES string of the molecule is O=C(O)CCC(O)C(NC(=O)CC(=O)OCc1ccccc1)C(O)CCC(=O)O. The summed E-state index contributed by atoms with van der Waals surface area (Å²) in [4.78, 5) is 45.2. The Morgan fingerprint density at radius 1 is 0.897 bits per heavy atom. The van der Waals surface area contributed by atoms with Crippen molar-refractivity contribution in [2.24, 2.45) is 0 Å². The van der Waals surface area contributed by atoms with Gasteiger partial charge in [-0.3, -0.25) is 19.2 Å². The molecule has 1 rings (SSSR count). The average Bonchev–Trinajstić information content (AvgIpc) is 2.67. The van der Waals surface area contributed by atoms with Gasteiger partial charge in [-0.25, -0.2) is 0 Å². The largest absolute Gasteiger partial charge is 0.481 e. The second kappa shape index (κ2) is 12.5. The van der Waals surface area contributed by atoms with Crippen molar-refractivity contribution in [1.29, 1.82) is 0 Å². The van der Waals surface area contributed by atoms with Crippen LogP contribution in [0.25, 0.3) is 0 Å². The van der Waals surface area contributed by atoms with E-state index in [1.54, 1.807) is 30.3 Å². The highest BCUT2D eigenvalue weighted by Crippen LogP contribution is 2.12. The van der Waals surface area contributed by atoms with Crippen molar-refractivity contribution < 1.29 is 44.3 Å². The van der Waals surface area contributed by atoms with E-state index in [0.717, 1.165) is 5.56 Å². The van der Waals surface area contributed by atoms with Crippen LogP contribution in [-0.2, 0) is 30.5 Å². The van der Waals surface area contributed by atoms with Gasteiger partial charge in [-0.2, -0.15) is 0 Å². The number of aliphatic carboxylic acids is 2. The predicted octanol–water partition coefficient (Wildman–Crippen LogP) is 0.0561. The molecule has 0 aliphatic rings. The number of carboxylic acid groups (broad SMARTS) is 2. The summed E-state index contributed by atoms with van der Waals surface area (Å²) in [7, 11) is 0. The molecule has 2 unspecified atom stereocenters. The third-order valence-corrected chi connectivity index (χ3v) is 4.01. The monoisotopic (exact) mass is 411 g/mol. The molecule has 10 nitrogen and oxygen atoms in total. The molecule has 0 spiro atoms. The standard InChI is InChI=1S/C19H25NO9/c21-13(6-8-16(24)25)19(14(22)7-9-17(26)27)20-15(23)10-18(28)29-11-12-4-2-1-3-5-12/h1-5,13-14,19,21-22H,6-11H2,(H,20,23)(H,24,25)(H,26,27). The molecule has 2 atom stereocenters. The number of aliphatic hydroxyl groups is 2. The van der Waals surface area contributed by atoms with Crippen LogP contribution >= 0.6 is 0 Å². The third kappa shape index (κ3) is 10.2. The molecule has 0 heterocycles. The fourth-order valence-corrected chi connectivity index (χ4v) is 2.51. The molecule has 0 aliphatic carbocycles. The predicted molar refractivity (Wildman–Crippen MR) is 98.5 cm³/mol. The van der Waals surface area contributed by atoms with Gasteiger partial charge in [-0.1, -0.05) is 30.3 Å². The molecule has 1 amide bonds. The van der Waals surface area contributed by atoms with Gasteiger partial charge in [0.1, 0.15) is 13.0 Å². The van der Waals surface area contributed by atoms with Gasteiger partial charge < -0.3 is 30.5 Å². The van der Waals surface area contributed by atoms with Crippen molar-refractivity contribution in [3.8, 4) is 0 Å². The molecule has 1 aromatic rings. The zero-order valence-corrected chi connectivity index (χ0v) is 15.7. The van der Waals surface area contributed by atoms with E-state index in [0.29, 0.717) is 0 Å². The molecule has 0 bridgehead atoms. The Kier molecular flexibility index (Phi) is 10.3. The van der Waals surface area contributed by atoms with E-state index in [2.05, 4.69) is 5.32 Å². The highest BCUT2D eigenvalue weighted by molar-refractivity contribution is 5.94. The minimum Gasteiger partial charge on any atom is -0.481 e. The fraction of sp³-hybridized carbons (Fsp3) is 0.474. The lowest BCUT2D eigenvalue weighted by atomic mass is 9.97. The molecule has 10 heteroatoms. The third-order valence-electron chi connectivity index (χ3n) is 4.01. The maximum Gasteiger partial charge on any atom is 0.315 e. The van der Waals surface area contributed by atoms with Gasteiger partial charge in [0.2, 0.25) is 5.91 Å². The first-order valence-corrected chi connectivity index (χ1v) is 8.97. The van der Waals surface area contributed by atoms with Crippen molar-refractivity contribution in [2.75, 3.05) is 0 Å². The molecule has 29 heavy (non-hydrogen) atoms. The Bertz CT molecular complexity index is 668. The number of esters is 1. The van der Waals surface area contributed by atoms with Crippen molar-refractivity contribution >= 4 is 23.8 Å². The van der Waals surface area contributed by atoms with Gasteiger partial charge >= 0.3 is 17.9 Å². The van der Waals surface area contributed by atoms with Crippen LogP contribution < -0.4 is 5.32 Å². The van der Waals surface area contributed by atoms with Crippen LogP contribution in [0.1, 0.15) is 37.7 Å². The fourth-order valence-electron chi connectivity index (χ4n) is 2.51. The topological polar surface area (TPSA) is 170 Å². The number of hydrogen-bond acceptors (Lipinski definition) is 7. The number of carboxylic acids is 2. The number of rotatable bonds is 13. The van der Waals surface area contributed by atoms with Crippen molar-refractivity contribution in [2.45, 2.75) is 57.0 Å². The van der Waals surface area contributed by atoms with Gasteiger partial charge in [-0.15, -0.1) is 0 Å². The van der Waals surface area contributed by atoms with Crippen LogP contribution in [0.5, 0.6) is 0 Å². The van der Waals surface area contributed by atoms with Crippen LogP contribution in [-0.4, -0.2) is 62.5 Å². The van der Waals surface area contributed by atoms with E-state index in [9.17, 15) is 29.4 Å². The van der Waals surface area contributed by atoms with E-state index in [1.165, 1.54) is 0 Å². The second-order valence-electron chi connectivity index (χ2n) is 6.42. The summed E-state index contributed by atoms with van der Waals surface area (Å²) in [5, 5.41) is 39.9. The van der Waals surface area contributed by atoms with Gasteiger partial charge in [0, 0.05) is 12.8 Å². The summed E-state index contributed by atoms with van der Waals surface area (Å²) < 4.78 is 4.98. The average molecular weight is 411 g/mol. The van der Waals surface area contributed by atoms with E-state index >= 15 is 0 Å². The van der Waals surface area contributed by atoms with Crippen LogP contribution in [0.2, 0.25) is 0 Å². The minimum atomic E-state index is -1.45. The smallest absolute Gasteiger partial charge is 0.315 e. The first-order chi connectivity index (χ1) is 13.7. The first kappa shape index (κ1) is 24.1. The van der Waals surface area contributed by atoms with Crippen LogP contribution in [0, 0.1) is 0 Å². The number of nitrogens with one attached hydrogen (secondary N) is 1. The highest BCUT2D eigenvalue weighted by atomic mass is 16.5. The lowest BCUT2D eigenvalue weighted by Crippen LogP contribution is -2.51. The Hall–Kier alpha value is -2.98. The van der Waals surface area contributed by atoms with E-state index in [-0.39, 0.29) is 19.4 Å². The first-order valence-electron chi connectivity index (χ1n) is 8.97. The molecule has 0 fully saturated rings. The molecular formula is C19H25NO9. The molecule has 0 saturated heterocycles. The van der Waals surface area contributed by atoms with Crippen LogP contribution in [0.3, 0.4) is 0 Å². The number of benzene rings is 1. The molecule has 0 saturated carbocycles. The van der Waals surface area contributed by atoms with E-state index < -0.39 is 61.3 Å². The number of carbonyl (C=O) groups is 4. The molecular weight excluding hydrogens is 386 g/mol. The molecule has 0 radical (unpaired) electrons. The maximum absolute atomic E-state index is 12.1. The number of carbonyl (C=O) groups excluding carboxylic acids is 2. The maximum atomic E-state index is 12.1. The molecule has 160 valence electrons. The Balaban J connectivity index is 2.61. The van der Waals surface area contributed by atoms with Gasteiger partial charge in [0.25, 0.3) is 0 Å². The zero-order chi connectivity index (χ0) is 21.8.